The molecule has 0 aliphatic carbocycles. The van der Waals surface area contributed by atoms with Gasteiger partial charge >= 0.3 is 0 Å². The van der Waals surface area contributed by atoms with Crippen molar-refractivity contribution in [3.8, 4) is 11.1 Å². The molecule has 0 saturated heterocycles. The van der Waals surface area contributed by atoms with Gasteiger partial charge in [0, 0.05) is 31.9 Å². The highest BCUT2D eigenvalue weighted by Gasteiger charge is 2.15. The fraction of sp³-hybridized carbons (Fsp3) is 0.188. The maximum Gasteiger partial charge on any atom is 0.261 e. The molecular formula is C16H15N3O4. The van der Waals surface area contributed by atoms with E-state index in [4.69, 9.17) is 4.42 Å². The number of amides is 1. The molecule has 3 aromatic rings. The Morgan fingerprint density at radius 3 is 2.91 bits per heavy atom. The molecule has 0 aromatic carbocycles. The van der Waals surface area contributed by atoms with E-state index in [1.54, 1.807) is 31.6 Å². The summed E-state index contributed by atoms with van der Waals surface area (Å²) < 4.78 is 7.04. The summed E-state index contributed by atoms with van der Waals surface area (Å²) >= 11 is 0. The molecule has 2 N–H and O–H groups in total. The van der Waals surface area contributed by atoms with Gasteiger partial charge in [0.15, 0.2) is 0 Å². The third-order valence-electron chi connectivity index (χ3n) is 3.43. The Balaban J connectivity index is 2.23. The van der Waals surface area contributed by atoms with Gasteiger partial charge < -0.3 is 19.4 Å². The van der Waals surface area contributed by atoms with Gasteiger partial charge in [-0.25, -0.2) is 4.98 Å². The van der Waals surface area contributed by atoms with Crippen molar-refractivity contribution >= 4 is 22.7 Å². The van der Waals surface area contributed by atoms with E-state index in [1.165, 1.54) is 17.6 Å². The monoisotopic (exact) mass is 313 g/mol. The van der Waals surface area contributed by atoms with Gasteiger partial charge in [0.25, 0.3) is 5.56 Å². The molecule has 7 nitrogen and oxygen atoms in total. The molecule has 0 unspecified atom stereocenters. The van der Waals surface area contributed by atoms with Crippen LogP contribution < -0.4 is 10.9 Å². The fourth-order valence-corrected chi connectivity index (χ4v) is 2.43. The summed E-state index contributed by atoms with van der Waals surface area (Å²) in [5.41, 5.74) is 1.61. The van der Waals surface area contributed by atoms with E-state index in [-0.39, 0.29) is 18.1 Å². The molecule has 118 valence electrons. The number of hydrogen-bond donors (Lipinski definition) is 2. The molecule has 0 atom stereocenters. The minimum atomic E-state index is -0.287. The van der Waals surface area contributed by atoms with E-state index in [2.05, 4.69) is 10.3 Å². The molecule has 1 amide bonds. The summed E-state index contributed by atoms with van der Waals surface area (Å²) in [6.45, 7) is 1.11. The molecule has 0 spiro atoms. The van der Waals surface area contributed by atoms with Crippen molar-refractivity contribution in [1.29, 1.82) is 0 Å². The molecule has 7 heteroatoms. The van der Waals surface area contributed by atoms with Gasteiger partial charge in [-0.2, -0.15) is 0 Å². The average molecular weight is 313 g/mol. The summed E-state index contributed by atoms with van der Waals surface area (Å²) in [5.74, 6) is 0.507. The summed E-state index contributed by atoms with van der Waals surface area (Å²) in [7, 11) is 1.65. The summed E-state index contributed by atoms with van der Waals surface area (Å²) in [4.78, 5) is 27.5. The smallest absolute Gasteiger partial charge is 0.261 e. The maximum atomic E-state index is 12.2. The van der Waals surface area contributed by atoms with Crippen LogP contribution in [0.3, 0.4) is 0 Å². The van der Waals surface area contributed by atoms with E-state index >= 15 is 0 Å². The second kappa shape index (κ2) is 5.69. The lowest BCUT2D eigenvalue weighted by molar-refractivity contribution is -0.114. The zero-order valence-corrected chi connectivity index (χ0v) is 12.7. The number of nitrogens with zero attached hydrogens (tertiary/aromatic N) is 2. The number of aliphatic hydroxyl groups excluding tert-OH is 1. The van der Waals surface area contributed by atoms with E-state index in [1.807, 2.05) is 0 Å². The average Bonchev–Trinajstić information content (AvgIpc) is 2.95. The van der Waals surface area contributed by atoms with Gasteiger partial charge in [0.1, 0.15) is 23.8 Å². The number of furan rings is 1. The first-order chi connectivity index (χ1) is 11.0. The molecule has 0 bridgehead atoms. The first-order valence-corrected chi connectivity index (χ1v) is 6.96. The SMILES string of the molecule is CC(=O)Nc1cc(-c2cn(C)c(=O)c3cc(CO)oc23)ccn1. The van der Waals surface area contributed by atoms with Crippen LogP contribution in [0.2, 0.25) is 0 Å². The number of rotatable bonds is 3. The molecule has 0 fully saturated rings. The van der Waals surface area contributed by atoms with Gasteiger partial charge in [-0.05, 0) is 23.8 Å². The Morgan fingerprint density at radius 2 is 2.22 bits per heavy atom. The first kappa shape index (κ1) is 15.0. The maximum absolute atomic E-state index is 12.2. The van der Waals surface area contributed by atoms with Crippen molar-refractivity contribution in [3.05, 3.63) is 46.7 Å². The van der Waals surface area contributed by atoms with Gasteiger partial charge in [0.2, 0.25) is 5.91 Å². The van der Waals surface area contributed by atoms with Gasteiger partial charge in [0.05, 0.1) is 5.39 Å². The molecular weight excluding hydrogens is 298 g/mol. The number of carbonyl (C=O) groups is 1. The van der Waals surface area contributed by atoms with Crippen LogP contribution in [0.4, 0.5) is 5.82 Å². The van der Waals surface area contributed by atoms with Crippen LogP contribution in [0.1, 0.15) is 12.7 Å². The third-order valence-corrected chi connectivity index (χ3v) is 3.43. The van der Waals surface area contributed by atoms with Crippen LogP contribution in [0.25, 0.3) is 22.1 Å². The normalized spacial score (nSPS) is 10.9. The highest BCUT2D eigenvalue weighted by Crippen LogP contribution is 2.29. The second-order valence-corrected chi connectivity index (χ2v) is 5.18. The Kier molecular flexibility index (Phi) is 3.71. The van der Waals surface area contributed by atoms with E-state index in [0.29, 0.717) is 28.1 Å². The van der Waals surface area contributed by atoms with Crippen molar-refractivity contribution in [1.82, 2.24) is 9.55 Å². The molecule has 23 heavy (non-hydrogen) atoms. The number of fused-ring (bicyclic) bond motifs is 1. The number of hydrogen-bond acceptors (Lipinski definition) is 5. The topological polar surface area (TPSA) is 97.4 Å². The summed E-state index contributed by atoms with van der Waals surface area (Å²) in [6.07, 6.45) is 3.22. The molecule has 3 rings (SSSR count). The first-order valence-electron chi connectivity index (χ1n) is 6.96. The summed E-state index contributed by atoms with van der Waals surface area (Å²) in [5, 5.41) is 12.3. The largest absolute Gasteiger partial charge is 0.458 e. The molecule has 0 radical (unpaired) electrons. The second-order valence-electron chi connectivity index (χ2n) is 5.18. The van der Waals surface area contributed by atoms with Crippen LogP contribution in [0.5, 0.6) is 0 Å². The molecule has 0 saturated carbocycles. The van der Waals surface area contributed by atoms with Crippen molar-refractivity contribution in [3.63, 3.8) is 0 Å². The van der Waals surface area contributed by atoms with Crippen LogP contribution >= 0.6 is 0 Å². The Hall–Kier alpha value is -2.93. The van der Waals surface area contributed by atoms with Gasteiger partial charge in [-0.1, -0.05) is 0 Å². The lowest BCUT2D eigenvalue weighted by Crippen LogP contribution is -2.15. The van der Waals surface area contributed by atoms with Gasteiger partial charge in [-0.15, -0.1) is 0 Å². The Morgan fingerprint density at radius 1 is 1.43 bits per heavy atom. The zero-order chi connectivity index (χ0) is 16.6. The lowest BCUT2D eigenvalue weighted by atomic mass is 10.1. The molecule has 3 aromatic heterocycles. The molecule has 0 aliphatic rings. The quantitative estimate of drug-likeness (QED) is 0.766. The predicted molar refractivity (Wildman–Crippen MR) is 84.9 cm³/mol. The highest BCUT2D eigenvalue weighted by atomic mass is 16.4. The minimum Gasteiger partial charge on any atom is -0.458 e. The van der Waals surface area contributed by atoms with Crippen molar-refractivity contribution in [2.45, 2.75) is 13.5 Å². The van der Waals surface area contributed by atoms with Crippen molar-refractivity contribution in [2.75, 3.05) is 5.32 Å². The number of pyridine rings is 2. The number of aryl methyl sites for hydroxylation is 1. The van der Waals surface area contributed by atoms with Crippen LogP contribution in [0.15, 0.2) is 39.8 Å². The molecule has 3 heterocycles. The number of anilines is 1. The number of carbonyl (C=O) groups excluding carboxylic acids is 1. The van der Waals surface area contributed by atoms with Crippen molar-refractivity contribution in [2.24, 2.45) is 7.05 Å². The Bertz CT molecular complexity index is 956. The number of nitrogens with one attached hydrogen (secondary N) is 1. The van der Waals surface area contributed by atoms with E-state index < -0.39 is 0 Å². The minimum absolute atomic E-state index is 0.205. The molecule has 0 aliphatic heterocycles. The fourth-order valence-electron chi connectivity index (χ4n) is 2.43. The lowest BCUT2D eigenvalue weighted by Gasteiger charge is -2.07. The van der Waals surface area contributed by atoms with Crippen LogP contribution in [0, 0.1) is 0 Å². The predicted octanol–water partition coefficient (Wildman–Crippen LogP) is 1.64. The summed E-state index contributed by atoms with van der Waals surface area (Å²) in [6, 6.07) is 4.99. The van der Waals surface area contributed by atoms with Crippen LogP contribution in [-0.4, -0.2) is 20.6 Å². The number of aromatic nitrogens is 2. The Labute approximate surface area is 131 Å². The zero-order valence-electron chi connectivity index (χ0n) is 12.7. The van der Waals surface area contributed by atoms with E-state index in [0.717, 1.165) is 5.56 Å². The highest BCUT2D eigenvalue weighted by molar-refractivity contribution is 5.93. The van der Waals surface area contributed by atoms with Gasteiger partial charge in [-0.3, -0.25) is 9.59 Å². The van der Waals surface area contributed by atoms with Crippen LogP contribution in [-0.2, 0) is 18.4 Å². The third kappa shape index (κ3) is 2.74. The standard InChI is InChI=1S/C16H15N3O4/c1-9(21)18-14-5-10(3-4-17-14)13-7-19(2)16(22)12-6-11(8-20)23-15(12)13/h3-7,20H,8H2,1-2H3,(H,17,18,21). The van der Waals surface area contributed by atoms with Crippen molar-refractivity contribution < 1.29 is 14.3 Å². The number of aliphatic hydroxyl groups is 1. The van der Waals surface area contributed by atoms with E-state index in [9.17, 15) is 14.7 Å².